The largest absolute Gasteiger partial charge is 0.396 e. The van der Waals surface area contributed by atoms with Gasteiger partial charge in [0.25, 0.3) is 0 Å². The molecule has 0 saturated carbocycles. The highest BCUT2D eigenvalue weighted by Gasteiger charge is 2.29. The Labute approximate surface area is 105 Å². The molecule has 0 radical (unpaired) electrons. The van der Waals surface area contributed by atoms with Crippen molar-refractivity contribution < 1.29 is 5.11 Å². The van der Waals surface area contributed by atoms with Crippen molar-refractivity contribution in [1.29, 1.82) is 0 Å². The number of piperidine rings is 1. The number of nitrogens with zero attached hydrogens (tertiary/aromatic N) is 2. The maximum Gasteiger partial charge on any atom is 0.0468 e. The summed E-state index contributed by atoms with van der Waals surface area (Å²) in [5.74, 6) is 0.406. The van der Waals surface area contributed by atoms with Crippen molar-refractivity contribution in [3.8, 4) is 0 Å². The first-order valence-corrected chi connectivity index (χ1v) is 7.02. The van der Waals surface area contributed by atoms with Gasteiger partial charge < -0.3 is 15.7 Å². The van der Waals surface area contributed by atoms with E-state index in [1.807, 2.05) is 0 Å². The molecule has 0 bridgehead atoms. The second kappa shape index (κ2) is 6.14. The second-order valence-electron chi connectivity index (χ2n) is 5.86. The zero-order valence-corrected chi connectivity index (χ0v) is 11.0. The van der Waals surface area contributed by atoms with Gasteiger partial charge in [0.05, 0.1) is 0 Å². The SMILES string of the molecule is CC(CO)CN1CCC(N2CCC(N)CC2)C1. The summed E-state index contributed by atoms with van der Waals surface area (Å²) >= 11 is 0. The van der Waals surface area contributed by atoms with Crippen molar-refractivity contribution in [3.63, 3.8) is 0 Å². The van der Waals surface area contributed by atoms with Gasteiger partial charge in [-0.15, -0.1) is 0 Å². The monoisotopic (exact) mass is 241 g/mol. The molecule has 2 saturated heterocycles. The van der Waals surface area contributed by atoms with E-state index in [0.29, 0.717) is 18.6 Å². The minimum absolute atomic E-state index is 0.305. The summed E-state index contributed by atoms with van der Waals surface area (Å²) in [7, 11) is 0. The van der Waals surface area contributed by atoms with Crippen LogP contribution in [0.5, 0.6) is 0 Å². The summed E-state index contributed by atoms with van der Waals surface area (Å²) in [5.41, 5.74) is 5.94. The van der Waals surface area contributed by atoms with Crippen LogP contribution in [0.1, 0.15) is 26.2 Å². The number of likely N-dealkylation sites (tertiary alicyclic amines) is 2. The van der Waals surface area contributed by atoms with E-state index in [4.69, 9.17) is 10.8 Å². The molecule has 0 aliphatic carbocycles. The fourth-order valence-electron chi connectivity index (χ4n) is 3.06. The van der Waals surface area contributed by atoms with E-state index in [9.17, 15) is 0 Å². The molecule has 2 rings (SSSR count). The molecule has 100 valence electrons. The second-order valence-corrected chi connectivity index (χ2v) is 5.86. The Bertz CT molecular complexity index is 229. The fraction of sp³-hybridized carbons (Fsp3) is 1.00. The Morgan fingerprint density at radius 1 is 1.24 bits per heavy atom. The molecule has 0 aromatic heterocycles. The molecular weight excluding hydrogens is 214 g/mol. The highest BCUT2D eigenvalue weighted by Crippen LogP contribution is 2.20. The molecule has 2 atom stereocenters. The molecule has 0 aromatic carbocycles. The number of nitrogens with two attached hydrogens (primary N) is 1. The molecule has 2 unspecified atom stereocenters. The lowest BCUT2D eigenvalue weighted by Gasteiger charge is -2.34. The summed E-state index contributed by atoms with van der Waals surface area (Å²) < 4.78 is 0. The van der Waals surface area contributed by atoms with Gasteiger partial charge in [-0.25, -0.2) is 0 Å². The zero-order valence-electron chi connectivity index (χ0n) is 11.0. The van der Waals surface area contributed by atoms with E-state index in [1.165, 1.54) is 32.6 Å². The lowest BCUT2D eigenvalue weighted by Crippen LogP contribution is -2.46. The van der Waals surface area contributed by atoms with E-state index in [2.05, 4.69) is 16.7 Å². The Hall–Kier alpha value is -0.160. The van der Waals surface area contributed by atoms with Crippen molar-refractivity contribution in [2.24, 2.45) is 11.7 Å². The summed E-state index contributed by atoms with van der Waals surface area (Å²) in [6.45, 7) is 8.19. The first-order valence-electron chi connectivity index (χ1n) is 7.02. The third-order valence-corrected chi connectivity index (χ3v) is 4.22. The van der Waals surface area contributed by atoms with Gasteiger partial charge in [-0.3, -0.25) is 4.90 Å². The van der Waals surface area contributed by atoms with Crippen LogP contribution in [-0.4, -0.2) is 66.3 Å². The van der Waals surface area contributed by atoms with Gasteiger partial charge in [0.15, 0.2) is 0 Å². The molecular formula is C13H27N3O. The molecule has 2 aliphatic rings. The molecule has 4 heteroatoms. The molecule has 2 heterocycles. The predicted molar refractivity (Wildman–Crippen MR) is 69.9 cm³/mol. The number of rotatable bonds is 4. The van der Waals surface area contributed by atoms with Crippen LogP contribution in [-0.2, 0) is 0 Å². The topological polar surface area (TPSA) is 52.7 Å². The fourth-order valence-corrected chi connectivity index (χ4v) is 3.06. The van der Waals surface area contributed by atoms with Crippen LogP contribution in [0.4, 0.5) is 0 Å². The third kappa shape index (κ3) is 3.65. The van der Waals surface area contributed by atoms with Crippen LogP contribution in [0.2, 0.25) is 0 Å². The number of aliphatic hydroxyl groups is 1. The van der Waals surface area contributed by atoms with Gasteiger partial charge in [0.1, 0.15) is 0 Å². The van der Waals surface area contributed by atoms with Crippen molar-refractivity contribution in [2.45, 2.75) is 38.3 Å². The van der Waals surface area contributed by atoms with Crippen LogP contribution in [0.25, 0.3) is 0 Å². The van der Waals surface area contributed by atoms with Crippen LogP contribution < -0.4 is 5.73 Å². The van der Waals surface area contributed by atoms with Gasteiger partial charge >= 0.3 is 0 Å². The van der Waals surface area contributed by atoms with Crippen molar-refractivity contribution >= 4 is 0 Å². The Balaban J connectivity index is 1.74. The normalized spacial score (nSPS) is 30.9. The van der Waals surface area contributed by atoms with Crippen LogP contribution in [0, 0.1) is 5.92 Å². The molecule has 4 nitrogen and oxygen atoms in total. The maximum atomic E-state index is 9.09. The quantitative estimate of drug-likeness (QED) is 0.734. The van der Waals surface area contributed by atoms with Crippen molar-refractivity contribution in [2.75, 3.05) is 39.3 Å². The Morgan fingerprint density at radius 3 is 2.59 bits per heavy atom. The van der Waals surface area contributed by atoms with E-state index >= 15 is 0 Å². The minimum atomic E-state index is 0.305. The first-order chi connectivity index (χ1) is 8.19. The molecule has 0 spiro atoms. The van der Waals surface area contributed by atoms with E-state index < -0.39 is 0 Å². The highest BCUT2D eigenvalue weighted by molar-refractivity contribution is 4.87. The van der Waals surface area contributed by atoms with Crippen LogP contribution >= 0.6 is 0 Å². The number of aliphatic hydroxyl groups excluding tert-OH is 1. The molecule has 2 aliphatic heterocycles. The predicted octanol–water partition coefficient (Wildman–Crippen LogP) is 0.112. The summed E-state index contributed by atoms with van der Waals surface area (Å²) in [6.07, 6.45) is 3.60. The standard InChI is InChI=1S/C13H27N3O/c1-11(10-17)8-15-5-4-13(9-15)16-6-2-12(14)3-7-16/h11-13,17H,2-10,14H2,1H3. The lowest BCUT2D eigenvalue weighted by molar-refractivity contribution is 0.143. The van der Waals surface area contributed by atoms with Crippen molar-refractivity contribution in [3.05, 3.63) is 0 Å². The Morgan fingerprint density at radius 2 is 1.94 bits per heavy atom. The highest BCUT2D eigenvalue weighted by atomic mass is 16.3. The average molecular weight is 241 g/mol. The van der Waals surface area contributed by atoms with Gasteiger partial charge in [-0.05, 0) is 44.8 Å². The molecule has 0 amide bonds. The average Bonchev–Trinajstić information content (AvgIpc) is 2.78. The van der Waals surface area contributed by atoms with Gasteiger partial charge in [0, 0.05) is 31.8 Å². The van der Waals surface area contributed by atoms with E-state index in [0.717, 1.165) is 25.4 Å². The minimum Gasteiger partial charge on any atom is -0.396 e. The van der Waals surface area contributed by atoms with E-state index in [1.54, 1.807) is 0 Å². The van der Waals surface area contributed by atoms with Crippen molar-refractivity contribution in [1.82, 2.24) is 9.80 Å². The zero-order chi connectivity index (χ0) is 12.3. The number of hydrogen-bond acceptors (Lipinski definition) is 4. The first kappa shape index (κ1) is 13.3. The smallest absolute Gasteiger partial charge is 0.0468 e. The lowest BCUT2D eigenvalue weighted by atomic mass is 10.0. The van der Waals surface area contributed by atoms with Gasteiger partial charge in [-0.2, -0.15) is 0 Å². The molecule has 3 N–H and O–H groups in total. The third-order valence-electron chi connectivity index (χ3n) is 4.22. The van der Waals surface area contributed by atoms with Crippen LogP contribution in [0.15, 0.2) is 0 Å². The molecule has 0 aromatic rings. The van der Waals surface area contributed by atoms with Gasteiger partial charge in [-0.1, -0.05) is 6.92 Å². The number of hydrogen-bond donors (Lipinski definition) is 2. The Kier molecular flexibility index (Phi) is 4.79. The summed E-state index contributed by atoms with van der Waals surface area (Å²) in [5, 5.41) is 9.09. The maximum absolute atomic E-state index is 9.09. The molecule has 2 fully saturated rings. The summed E-state index contributed by atoms with van der Waals surface area (Å²) in [6, 6.07) is 1.16. The van der Waals surface area contributed by atoms with Crippen LogP contribution in [0.3, 0.4) is 0 Å². The van der Waals surface area contributed by atoms with Gasteiger partial charge in [0.2, 0.25) is 0 Å². The molecule has 17 heavy (non-hydrogen) atoms. The van der Waals surface area contributed by atoms with E-state index in [-0.39, 0.29) is 0 Å². The summed E-state index contributed by atoms with van der Waals surface area (Å²) in [4.78, 5) is 5.12.